The van der Waals surface area contributed by atoms with Crippen molar-refractivity contribution < 1.29 is 8.42 Å². The van der Waals surface area contributed by atoms with Gasteiger partial charge in [-0.15, -0.1) is 0 Å². The molecule has 3 aromatic rings. The predicted octanol–water partition coefficient (Wildman–Crippen LogP) is 1.57. The molecule has 0 bridgehead atoms. The van der Waals surface area contributed by atoms with Gasteiger partial charge in [-0.1, -0.05) is 18.2 Å². The van der Waals surface area contributed by atoms with Gasteiger partial charge in [0.15, 0.2) is 0 Å². The van der Waals surface area contributed by atoms with Crippen molar-refractivity contribution in [2.24, 2.45) is 18.9 Å². The molecule has 30 heavy (non-hydrogen) atoms. The second kappa shape index (κ2) is 7.03. The summed E-state index contributed by atoms with van der Waals surface area (Å²) in [4.78, 5) is 21.3. The Balaban J connectivity index is 1.32. The van der Waals surface area contributed by atoms with Crippen LogP contribution < -0.4 is 10.9 Å². The number of aromatic nitrogens is 3. The first kappa shape index (κ1) is 19.0. The summed E-state index contributed by atoms with van der Waals surface area (Å²) in [7, 11) is -1.79. The van der Waals surface area contributed by atoms with E-state index in [1.54, 1.807) is 54.1 Å². The SMILES string of the molecule is Cn1c(N[C@H]2C3CN(S(=O)(=O)c4ccccc4)C[C@@H]32)nc(-c2ccncc2)cc1=O. The molecule has 5 rings (SSSR count). The average Bonchev–Trinajstić information content (AvgIpc) is 3.19. The Bertz CT molecular complexity index is 1230. The molecule has 1 aromatic carbocycles. The number of rotatable bonds is 5. The van der Waals surface area contributed by atoms with Gasteiger partial charge in [-0.05, 0) is 36.1 Å². The van der Waals surface area contributed by atoms with Crippen LogP contribution in [0, 0.1) is 11.8 Å². The molecule has 0 radical (unpaired) electrons. The zero-order valence-corrected chi connectivity index (χ0v) is 17.2. The van der Waals surface area contributed by atoms with Crippen molar-refractivity contribution in [1.82, 2.24) is 18.8 Å². The highest BCUT2D eigenvalue weighted by atomic mass is 32.2. The van der Waals surface area contributed by atoms with Crippen molar-refractivity contribution in [2.75, 3.05) is 18.4 Å². The molecule has 0 spiro atoms. The van der Waals surface area contributed by atoms with Gasteiger partial charge in [0.1, 0.15) is 0 Å². The molecule has 2 fully saturated rings. The maximum Gasteiger partial charge on any atom is 0.255 e. The minimum Gasteiger partial charge on any atom is -0.352 e. The molecule has 1 saturated heterocycles. The molecule has 8 nitrogen and oxygen atoms in total. The van der Waals surface area contributed by atoms with E-state index in [1.165, 1.54) is 10.6 Å². The van der Waals surface area contributed by atoms with E-state index in [-0.39, 0.29) is 23.4 Å². The van der Waals surface area contributed by atoms with Crippen LogP contribution in [0.3, 0.4) is 0 Å². The maximum absolute atomic E-state index is 12.8. The van der Waals surface area contributed by atoms with E-state index < -0.39 is 10.0 Å². The number of hydrogen-bond acceptors (Lipinski definition) is 6. The summed E-state index contributed by atoms with van der Waals surface area (Å²) in [6, 6.07) is 13.7. The average molecular weight is 423 g/mol. The van der Waals surface area contributed by atoms with E-state index in [0.717, 1.165) is 5.56 Å². The number of fused-ring (bicyclic) bond motifs is 1. The zero-order chi connectivity index (χ0) is 20.9. The van der Waals surface area contributed by atoms with E-state index in [9.17, 15) is 13.2 Å². The van der Waals surface area contributed by atoms with Crippen molar-refractivity contribution in [2.45, 2.75) is 10.9 Å². The number of piperidine rings is 1. The molecule has 1 aliphatic heterocycles. The van der Waals surface area contributed by atoms with Gasteiger partial charge >= 0.3 is 0 Å². The molecule has 3 heterocycles. The highest BCUT2D eigenvalue weighted by Gasteiger charge is 2.58. The summed E-state index contributed by atoms with van der Waals surface area (Å²) in [6.45, 7) is 0.940. The van der Waals surface area contributed by atoms with E-state index in [1.807, 2.05) is 12.1 Å². The third kappa shape index (κ3) is 3.20. The van der Waals surface area contributed by atoms with Crippen molar-refractivity contribution in [3.63, 3.8) is 0 Å². The first-order chi connectivity index (χ1) is 14.4. The summed E-state index contributed by atoms with van der Waals surface area (Å²) in [5.74, 6) is 0.918. The molecule has 3 atom stereocenters. The van der Waals surface area contributed by atoms with Gasteiger partial charge in [-0.3, -0.25) is 14.3 Å². The predicted molar refractivity (Wildman–Crippen MR) is 112 cm³/mol. The number of nitrogens with zero attached hydrogens (tertiary/aromatic N) is 4. The lowest BCUT2D eigenvalue weighted by Gasteiger charge is -2.20. The second-order valence-electron chi connectivity index (χ2n) is 7.73. The fourth-order valence-electron chi connectivity index (χ4n) is 4.13. The highest BCUT2D eigenvalue weighted by molar-refractivity contribution is 7.89. The third-order valence-electron chi connectivity index (χ3n) is 5.95. The summed E-state index contributed by atoms with van der Waals surface area (Å²) < 4.78 is 28.7. The van der Waals surface area contributed by atoms with Gasteiger partial charge in [0, 0.05) is 50.2 Å². The van der Waals surface area contributed by atoms with E-state index >= 15 is 0 Å². The number of anilines is 1. The Morgan fingerprint density at radius 3 is 2.37 bits per heavy atom. The van der Waals surface area contributed by atoms with Crippen LogP contribution in [0.15, 0.2) is 70.6 Å². The Labute approximate surface area is 174 Å². The highest BCUT2D eigenvalue weighted by Crippen LogP contribution is 2.48. The molecule has 1 N–H and O–H groups in total. The number of hydrogen-bond donors (Lipinski definition) is 1. The first-order valence-corrected chi connectivity index (χ1v) is 11.2. The van der Waals surface area contributed by atoms with Gasteiger partial charge in [0.25, 0.3) is 5.56 Å². The van der Waals surface area contributed by atoms with E-state index in [0.29, 0.717) is 29.6 Å². The molecule has 1 unspecified atom stereocenters. The van der Waals surface area contributed by atoms with Gasteiger partial charge in [0.05, 0.1) is 10.6 Å². The lowest BCUT2D eigenvalue weighted by molar-refractivity contribution is 0.435. The summed E-state index contributed by atoms with van der Waals surface area (Å²) >= 11 is 0. The maximum atomic E-state index is 12.8. The van der Waals surface area contributed by atoms with Crippen molar-refractivity contribution >= 4 is 16.0 Å². The molecule has 2 aromatic heterocycles. The van der Waals surface area contributed by atoms with Crippen LogP contribution in [-0.2, 0) is 17.1 Å². The van der Waals surface area contributed by atoms with Gasteiger partial charge in [0.2, 0.25) is 16.0 Å². The smallest absolute Gasteiger partial charge is 0.255 e. The van der Waals surface area contributed by atoms with Gasteiger partial charge < -0.3 is 5.32 Å². The Kier molecular flexibility index (Phi) is 4.44. The quantitative estimate of drug-likeness (QED) is 0.669. The number of benzene rings is 1. The van der Waals surface area contributed by atoms with Crippen LogP contribution in [0.25, 0.3) is 11.3 Å². The number of nitrogens with one attached hydrogen (secondary N) is 1. The largest absolute Gasteiger partial charge is 0.352 e. The van der Waals surface area contributed by atoms with Crippen LogP contribution in [-0.4, -0.2) is 46.4 Å². The fourth-order valence-corrected chi connectivity index (χ4v) is 5.66. The fraction of sp³-hybridized carbons (Fsp3) is 0.286. The zero-order valence-electron chi connectivity index (χ0n) is 16.3. The van der Waals surface area contributed by atoms with Gasteiger partial charge in [-0.2, -0.15) is 4.31 Å². The van der Waals surface area contributed by atoms with Crippen LogP contribution in [0.1, 0.15) is 0 Å². The minimum absolute atomic E-state index is 0.109. The van der Waals surface area contributed by atoms with Crippen LogP contribution >= 0.6 is 0 Å². The molecule has 2 aliphatic rings. The number of sulfonamides is 1. The monoisotopic (exact) mass is 423 g/mol. The molecule has 0 amide bonds. The minimum atomic E-state index is -3.47. The molecular weight excluding hydrogens is 402 g/mol. The summed E-state index contributed by atoms with van der Waals surface area (Å²) in [5.41, 5.74) is 1.25. The molecule has 154 valence electrons. The Hall–Kier alpha value is -3.04. The van der Waals surface area contributed by atoms with Crippen LogP contribution in [0.2, 0.25) is 0 Å². The topological polar surface area (TPSA) is 97.2 Å². The van der Waals surface area contributed by atoms with Crippen molar-refractivity contribution in [1.29, 1.82) is 0 Å². The third-order valence-corrected chi connectivity index (χ3v) is 7.79. The molecule has 1 aliphatic carbocycles. The van der Waals surface area contributed by atoms with Crippen molar-refractivity contribution in [3.8, 4) is 11.3 Å². The first-order valence-electron chi connectivity index (χ1n) is 9.75. The lowest BCUT2D eigenvalue weighted by atomic mass is 10.2. The Morgan fingerprint density at radius 2 is 1.70 bits per heavy atom. The van der Waals surface area contributed by atoms with E-state index in [4.69, 9.17) is 0 Å². The molecule has 1 saturated carbocycles. The molecule has 9 heteroatoms. The van der Waals surface area contributed by atoms with Crippen LogP contribution in [0.4, 0.5) is 5.95 Å². The lowest BCUT2D eigenvalue weighted by Crippen LogP contribution is -2.34. The van der Waals surface area contributed by atoms with E-state index in [2.05, 4.69) is 15.3 Å². The standard InChI is InChI=1S/C21H21N5O3S/c1-25-19(27)11-18(14-7-9-22-10-8-14)23-21(25)24-20-16-12-26(13-17(16)20)30(28,29)15-5-3-2-4-6-15/h2-11,16-17,20H,12-13H2,1H3,(H,23,24)/t16-,17?,20+/m0/s1. The summed E-state index contributed by atoms with van der Waals surface area (Å²) in [5, 5.41) is 3.36. The van der Waals surface area contributed by atoms with Gasteiger partial charge in [-0.25, -0.2) is 13.4 Å². The Morgan fingerprint density at radius 1 is 1.03 bits per heavy atom. The van der Waals surface area contributed by atoms with Crippen LogP contribution in [0.5, 0.6) is 0 Å². The second-order valence-corrected chi connectivity index (χ2v) is 9.67. The summed E-state index contributed by atoms with van der Waals surface area (Å²) in [6.07, 6.45) is 3.32. The molecular formula is C21H21N5O3S. The van der Waals surface area contributed by atoms with Crippen molar-refractivity contribution in [3.05, 3.63) is 71.3 Å². The normalized spacial score (nSPS) is 23.2. The number of pyridine rings is 1.